The number of nitrogens with one attached hydrogen (secondary N) is 2. The molecule has 2 N–H and O–H groups in total. The molecule has 1 atom stereocenters. The Morgan fingerprint density at radius 2 is 1.74 bits per heavy atom. The van der Waals surface area contributed by atoms with Crippen molar-refractivity contribution in [1.29, 1.82) is 0 Å². The average molecular weight is 527 g/mol. The molecular formula is C25H21BrF2N4O2. The smallest absolute Gasteiger partial charge is 0.316 e. The number of likely N-dealkylation sites (N-methyl/N-ethyl adjacent to an activating group) is 1. The Morgan fingerprint density at radius 3 is 2.47 bits per heavy atom. The maximum atomic E-state index is 14.7. The second-order valence-electron chi connectivity index (χ2n) is 7.66. The van der Waals surface area contributed by atoms with Gasteiger partial charge < -0.3 is 15.5 Å². The molecule has 3 aromatic carbocycles. The summed E-state index contributed by atoms with van der Waals surface area (Å²) in [7, 11) is 1.57. The molecule has 34 heavy (non-hydrogen) atoms. The molecule has 0 fully saturated rings. The summed E-state index contributed by atoms with van der Waals surface area (Å²) in [6.45, 7) is 0.144. The van der Waals surface area contributed by atoms with Gasteiger partial charge in [0.1, 0.15) is 11.6 Å². The third kappa shape index (κ3) is 4.99. The number of amides is 3. The number of fused-ring (bicyclic) bond motifs is 1. The number of hydrogen-bond donors (Lipinski definition) is 2. The van der Waals surface area contributed by atoms with E-state index < -0.39 is 23.9 Å². The van der Waals surface area contributed by atoms with Gasteiger partial charge in [-0.15, -0.1) is 0 Å². The Labute approximate surface area is 203 Å². The minimum Gasteiger partial charge on any atom is -0.338 e. The molecule has 1 unspecified atom stereocenters. The fourth-order valence-corrected chi connectivity index (χ4v) is 4.03. The molecule has 0 aliphatic carbocycles. The molecule has 0 radical (unpaired) electrons. The van der Waals surface area contributed by atoms with E-state index in [0.717, 1.165) is 0 Å². The Morgan fingerprint density at radius 1 is 1.03 bits per heavy atom. The lowest BCUT2D eigenvalue weighted by Gasteiger charge is -2.21. The van der Waals surface area contributed by atoms with Crippen LogP contribution in [-0.4, -0.2) is 37.4 Å². The standard InChI is InChI=1S/C25H21BrF2N4O2/c1-32-21-9-5-3-7-18(21)22(17-6-2-4-8-19(17)27)30-23(24(32)33)31-25(34)29-13-12-15-10-11-16(26)14-20(15)28/h2-11,14,23H,12-13H2,1H3,(H2,29,31,34). The van der Waals surface area contributed by atoms with Crippen LogP contribution in [0.1, 0.15) is 16.7 Å². The minimum atomic E-state index is -1.28. The molecule has 1 heterocycles. The summed E-state index contributed by atoms with van der Waals surface area (Å²) < 4.78 is 29.3. The van der Waals surface area contributed by atoms with Gasteiger partial charge in [-0.1, -0.05) is 52.3 Å². The summed E-state index contributed by atoms with van der Waals surface area (Å²) >= 11 is 3.21. The first-order valence-corrected chi connectivity index (χ1v) is 11.3. The molecule has 3 amide bonds. The zero-order valence-corrected chi connectivity index (χ0v) is 19.8. The Kier molecular flexibility index (Phi) is 7.02. The largest absolute Gasteiger partial charge is 0.338 e. The lowest BCUT2D eigenvalue weighted by molar-refractivity contribution is -0.119. The van der Waals surface area contributed by atoms with E-state index in [-0.39, 0.29) is 30.1 Å². The highest BCUT2D eigenvalue weighted by Crippen LogP contribution is 2.28. The number of anilines is 1. The fourth-order valence-electron chi connectivity index (χ4n) is 3.69. The van der Waals surface area contributed by atoms with Gasteiger partial charge in [-0.25, -0.2) is 18.6 Å². The number of aliphatic imine (C=N–C) groups is 1. The average Bonchev–Trinajstić information content (AvgIpc) is 2.92. The highest BCUT2D eigenvalue weighted by Gasteiger charge is 2.31. The number of halogens is 3. The lowest BCUT2D eigenvalue weighted by Crippen LogP contribution is -2.49. The van der Waals surface area contributed by atoms with Gasteiger partial charge in [0.15, 0.2) is 0 Å². The van der Waals surface area contributed by atoms with Gasteiger partial charge in [0.05, 0.1) is 11.4 Å². The number of nitrogens with zero attached hydrogens (tertiary/aromatic N) is 2. The summed E-state index contributed by atoms with van der Waals surface area (Å²) in [5.74, 6) is -1.35. The van der Waals surface area contributed by atoms with Crippen molar-refractivity contribution in [2.45, 2.75) is 12.6 Å². The van der Waals surface area contributed by atoms with Crippen LogP contribution in [0, 0.1) is 11.6 Å². The van der Waals surface area contributed by atoms with Gasteiger partial charge in [-0.05, 0) is 42.3 Å². The molecule has 1 aliphatic heterocycles. The van der Waals surface area contributed by atoms with Crippen LogP contribution in [0.15, 0.2) is 76.2 Å². The van der Waals surface area contributed by atoms with Gasteiger partial charge in [-0.2, -0.15) is 0 Å². The van der Waals surface area contributed by atoms with Crippen LogP contribution in [0.5, 0.6) is 0 Å². The molecule has 9 heteroatoms. The second-order valence-corrected chi connectivity index (χ2v) is 8.58. The van der Waals surface area contributed by atoms with Gasteiger partial charge in [-0.3, -0.25) is 4.79 Å². The molecular weight excluding hydrogens is 506 g/mol. The van der Waals surface area contributed by atoms with E-state index in [0.29, 0.717) is 21.3 Å². The molecule has 0 aromatic heterocycles. The van der Waals surface area contributed by atoms with E-state index in [1.165, 1.54) is 17.0 Å². The Hall–Kier alpha value is -3.59. The van der Waals surface area contributed by atoms with Gasteiger partial charge >= 0.3 is 6.03 Å². The maximum absolute atomic E-state index is 14.7. The number of rotatable bonds is 5. The first kappa shape index (κ1) is 23.6. The van der Waals surface area contributed by atoms with E-state index in [2.05, 4.69) is 31.6 Å². The van der Waals surface area contributed by atoms with Crippen molar-refractivity contribution in [3.05, 3.63) is 99.5 Å². The third-order valence-electron chi connectivity index (χ3n) is 5.44. The number of carbonyl (C=O) groups excluding carboxylic acids is 2. The molecule has 0 bridgehead atoms. The van der Waals surface area contributed by atoms with Crippen LogP contribution in [0.2, 0.25) is 0 Å². The first-order chi connectivity index (χ1) is 16.3. The summed E-state index contributed by atoms with van der Waals surface area (Å²) in [5.41, 5.74) is 2.04. The molecule has 6 nitrogen and oxygen atoms in total. The highest BCUT2D eigenvalue weighted by molar-refractivity contribution is 9.10. The van der Waals surface area contributed by atoms with Crippen molar-refractivity contribution in [3.63, 3.8) is 0 Å². The SMILES string of the molecule is CN1C(=O)C(NC(=O)NCCc2ccc(Br)cc2F)N=C(c2ccccc2F)c2ccccc21. The molecule has 1 aliphatic rings. The molecule has 0 spiro atoms. The minimum absolute atomic E-state index is 0.144. The highest BCUT2D eigenvalue weighted by atomic mass is 79.9. The van der Waals surface area contributed by atoms with Crippen molar-refractivity contribution in [2.24, 2.45) is 4.99 Å². The summed E-state index contributed by atoms with van der Waals surface area (Å²) in [5, 5.41) is 5.17. The predicted octanol–water partition coefficient (Wildman–Crippen LogP) is 4.41. The van der Waals surface area contributed by atoms with Crippen molar-refractivity contribution in [2.75, 3.05) is 18.5 Å². The summed E-state index contributed by atoms with van der Waals surface area (Å²) in [4.78, 5) is 31.5. The first-order valence-electron chi connectivity index (χ1n) is 10.5. The predicted molar refractivity (Wildman–Crippen MR) is 130 cm³/mol. The van der Waals surface area contributed by atoms with Crippen LogP contribution in [-0.2, 0) is 11.2 Å². The van der Waals surface area contributed by atoms with Crippen LogP contribution in [0.25, 0.3) is 0 Å². The Bertz CT molecular complexity index is 1280. The van der Waals surface area contributed by atoms with Crippen molar-refractivity contribution in [1.82, 2.24) is 10.6 Å². The van der Waals surface area contributed by atoms with Crippen molar-refractivity contribution in [3.8, 4) is 0 Å². The third-order valence-corrected chi connectivity index (χ3v) is 5.93. The zero-order chi connectivity index (χ0) is 24.2. The number of hydrogen-bond acceptors (Lipinski definition) is 3. The number of carbonyl (C=O) groups is 2. The van der Waals surface area contributed by atoms with E-state index in [9.17, 15) is 18.4 Å². The van der Waals surface area contributed by atoms with E-state index in [4.69, 9.17) is 0 Å². The maximum Gasteiger partial charge on any atom is 0.316 e. The number of para-hydroxylation sites is 1. The zero-order valence-electron chi connectivity index (χ0n) is 18.2. The molecule has 0 saturated carbocycles. The topological polar surface area (TPSA) is 73.8 Å². The van der Waals surface area contributed by atoms with Crippen LogP contribution in [0.4, 0.5) is 19.3 Å². The fraction of sp³-hybridized carbons (Fsp3) is 0.160. The number of benzene rings is 3. The normalized spacial score (nSPS) is 15.3. The van der Waals surface area contributed by atoms with Crippen LogP contribution < -0.4 is 15.5 Å². The van der Waals surface area contributed by atoms with Gasteiger partial charge in [0.25, 0.3) is 5.91 Å². The second kappa shape index (κ2) is 10.1. The van der Waals surface area contributed by atoms with Gasteiger partial charge in [0.2, 0.25) is 6.17 Å². The van der Waals surface area contributed by atoms with Crippen LogP contribution in [0.3, 0.4) is 0 Å². The monoisotopic (exact) mass is 526 g/mol. The van der Waals surface area contributed by atoms with E-state index in [1.54, 1.807) is 61.6 Å². The summed E-state index contributed by atoms with van der Waals surface area (Å²) in [6.07, 6.45) is -1.02. The number of urea groups is 1. The quantitative estimate of drug-likeness (QED) is 0.516. The van der Waals surface area contributed by atoms with Crippen LogP contribution >= 0.6 is 15.9 Å². The lowest BCUT2D eigenvalue weighted by atomic mass is 10.00. The molecule has 3 aromatic rings. The van der Waals surface area contributed by atoms with Crippen molar-refractivity contribution < 1.29 is 18.4 Å². The molecule has 4 rings (SSSR count). The molecule has 174 valence electrons. The van der Waals surface area contributed by atoms with Gasteiger partial charge in [0, 0.05) is 29.2 Å². The molecule has 0 saturated heterocycles. The Balaban J connectivity index is 1.56. The van der Waals surface area contributed by atoms with E-state index in [1.807, 2.05) is 0 Å². The van der Waals surface area contributed by atoms with Crippen molar-refractivity contribution >= 4 is 39.3 Å². The summed E-state index contributed by atoms with van der Waals surface area (Å²) in [6, 6.07) is 17.2. The number of benzodiazepines with no additional fused rings is 1. The van der Waals surface area contributed by atoms with E-state index >= 15 is 0 Å².